The zero-order valence-electron chi connectivity index (χ0n) is 14.7. The largest absolute Gasteiger partial charge is 0.464 e. The quantitative estimate of drug-likeness (QED) is 0.641. The molecule has 1 amide bonds. The number of carbonyl (C=O) groups excluding carboxylic acids is 2. The normalized spacial score (nSPS) is 13.9. The molecule has 0 unspecified atom stereocenters. The van der Waals surface area contributed by atoms with Gasteiger partial charge in [-0.25, -0.2) is 4.79 Å². The van der Waals surface area contributed by atoms with E-state index in [1.54, 1.807) is 39.9 Å². The Kier molecular flexibility index (Phi) is 4.23. The fraction of sp³-hybridized carbons (Fsp3) is 0.263. The Bertz CT molecular complexity index is 1100. The average Bonchev–Trinajstić information content (AvgIpc) is 2.98. The molecule has 0 bridgehead atoms. The second kappa shape index (κ2) is 6.71. The summed E-state index contributed by atoms with van der Waals surface area (Å²) < 4.78 is 12.1. The molecule has 8 heteroatoms. The van der Waals surface area contributed by atoms with Gasteiger partial charge in [-0.15, -0.1) is 0 Å². The van der Waals surface area contributed by atoms with Gasteiger partial charge in [0, 0.05) is 19.2 Å². The number of methoxy groups -OCH3 is 1. The van der Waals surface area contributed by atoms with Crippen LogP contribution in [0.15, 0.2) is 45.6 Å². The van der Waals surface area contributed by atoms with Crippen LogP contribution in [0.25, 0.3) is 11.0 Å². The number of rotatable bonds is 2. The summed E-state index contributed by atoms with van der Waals surface area (Å²) in [5.41, 5.74) is 1.05. The van der Waals surface area contributed by atoms with Crippen molar-refractivity contribution in [3.05, 3.63) is 63.8 Å². The molecule has 3 aromatic rings. The highest BCUT2D eigenvalue weighted by Gasteiger charge is 2.25. The molecule has 1 aromatic carbocycles. The van der Waals surface area contributed by atoms with Crippen molar-refractivity contribution < 1.29 is 18.7 Å². The molecule has 0 aliphatic carbocycles. The second-order valence-corrected chi connectivity index (χ2v) is 6.29. The van der Waals surface area contributed by atoms with Crippen molar-refractivity contribution in [1.82, 2.24) is 14.7 Å². The molecule has 138 valence electrons. The molecule has 8 nitrogen and oxygen atoms in total. The average molecular weight is 367 g/mol. The Labute approximate surface area is 153 Å². The predicted octanol–water partition coefficient (Wildman–Crippen LogP) is 1.82. The van der Waals surface area contributed by atoms with E-state index in [0.29, 0.717) is 30.5 Å². The summed E-state index contributed by atoms with van der Waals surface area (Å²) in [5.74, 6) is -0.888. The maximum Gasteiger partial charge on any atom is 0.358 e. The van der Waals surface area contributed by atoms with Gasteiger partial charge < -0.3 is 14.1 Å². The fourth-order valence-corrected chi connectivity index (χ4v) is 3.21. The molecule has 0 saturated heterocycles. The Hall–Kier alpha value is -3.42. The lowest BCUT2D eigenvalue weighted by molar-refractivity contribution is 0.0593. The van der Waals surface area contributed by atoms with Gasteiger partial charge >= 0.3 is 5.97 Å². The summed E-state index contributed by atoms with van der Waals surface area (Å²) in [4.78, 5) is 38.5. The molecule has 0 atom stereocenters. The molecular formula is C19H17N3O5. The molecule has 27 heavy (non-hydrogen) atoms. The summed E-state index contributed by atoms with van der Waals surface area (Å²) in [6, 6.07) is 9.66. The highest BCUT2D eigenvalue weighted by atomic mass is 16.5. The number of carbonyl (C=O) groups is 2. The first-order valence-corrected chi connectivity index (χ1v) is 8.54. The topological polar surface area (TPSA) is 94.6 Å². The SMILES string of the molecule is COC(=O)c1cc2n(n1)CCCN(C(=O)c1cc(=O)c3ccccc3o1)C2. The van der Waals surface area contributed by atoms with Gasteiger partial charge in [-0.3, -0.25) is 14.3 Å². The number of fused-ring (bicyclic) bond motifs is 2. The third kappa shape index (κ3) is 3.10. The molecule has 0 N–H and O–H groups in total. The van der Waals surface area contributed by atoms with Crippen LogP contribution in [0.3, 0.4) is 0 Å². The number of nitrogens with zero attached hydrogens (tertiary/aromatic N) is 3. The minimum absolute atomic E-state index is 0.000133. The summed E-state index contributed by atoms with van der Waals surface area (Å²) in [6.07, 6.45) is 0.666. The van der Waals surface area contributed by atoms with Crippen molar-refractivity contribution in [2.24, 2.45) is 0 Å². The van der Waals surface area contributed by atoms with Crippen LogP contribution in [0.5, 0.6) is 0 Å². The third-order valence-electron chi connectivity index (χ3n) is 4.54. The summed E-state index contributed by atoms with van der Waals surface area (Å²) in [6.45, 7) is 1.34. The number of benzene rings is 1. The van der Waals surface area contributed by atoms with E-state index in [2.05, 4.69) is 5.10 Å². The highest BCUT2D eigenvalue weighted by molar-refractivity contribution is 5.93. The Morgan fingerprint density at radius 1 is 1.19 bits per heavy atom. The summed E-state index contributed by atoms with van der Waals surface area (Å²) >= 11 is 0. The van der Waals surface area contributed by atoms with Crippen LogP contribution < -0.4 is 5.43 Å². The smallest absolute Gasteiger partial charge is 0.358 e. The zero-order valence-corrected chi connectivity index (χ0v) is 14.7. The van der Waals surface area contributed by atoms with Gasteiger partial charge in [0.25, 0.3) is 5.91 Å². The first-order chi connectivity index (χ1) is 13.1. The molecular weight excluding hydrogens is 350 g/mol. The number of amides is 1. The molecule has 1 aliphatic rings. The van der Waals surface area contributed by atoms with Crippen LogP contribution >= 0.6 is 0 Å². The molecule has 0 spiro atoms. The molecule has 4 rings (SSSR count). The van der Waals surface area contributed by atoms with Crippen molar-refractivity contribution in [1.29, 1.82) is 0 Å². The van der Waals surface area contributed by atoms with Crippen molar-refractivity contribution >= 4 is 22.8 Å². The minimum Gasteiger partial charge on any atom is -0.464 e. The summed E-state index contributed by atoms with van der Waals surface area (Å²) in [7, 11) is 1.30. The first kappa shape index (κ1) is 17.0. The number of hydrogen-bond acceptors (Lipinski definition) is 6. The maximum atomic E-state index is 12.9. The molecule has 0 radical (unpaired) electrons. The lowest BCUT2D eigenvalue weighted by Gasteiger charge is -2.19. The fourth-order valence-electron chi connectivity index (χ4n) is 3.21. The summed E-state index contributed by atoms with van der Waals surface area (Å²) in [5, 5.41) is 4.67. The Balaban J connectivity index is 1.65. The maximum absolute atomic E-state index is 12.9. The van der Waals surface area contributed by atoms with Crippen LogP contribution in [-0.4, -0.2) is 40.2 Å². The van der Waals surface area contributed by atoms with Crippen LogP contribution in [-0.2, 0) is 17.8 Å². The van der Waals surface area contributed by atoms with Crippen LogP contribution in [0.2, 0.25) is 0 Å². The Morgan fingerprint density at radius 3 is 2.81 bits per heavy atom. The number of esters is 1. The number of para-hydroxylation sites is 1. The standard InChI is InChI=1S/C19H17N3O5/c1-26-19(25)14-9-12-11-21(7-4-8-22(12)20-14)18(24)17-10-15(23)13-5-2-3-6-16(13)27-17/h2-3,5-6,9-10H,4,7-8,11H2,1H3. The molecule has 0 saturated carbocycles. The number of aryl methyl sites for hydroxylation is 1. The van der Waals surface area contributed by atoms with E-state index >= 15 is 0 Å². The Morgan fingerprint density at radius 2 is 2.00 bits per heavy atom. The lowest BCUT2D eigenvalue weighted by Crippen LogP contribution is -2.31. The predicted molar refractivity (Wildman–Crippen MR) is 95.4 cm³/mol. The van der Waals surface area contributed by atoms with Gasteiger partial charge in [0.05, 0.1) is 24.7 Å². The second-order valence-electron chi connectivity index (χ2n) is 6.29. The molecule has 3 heterocycles. The van der Waals surface area contributed by atoms with E-state index in [9.17, 15) is 14.4 Å². The van der Waals surface area contributed by atoms with Gasteiger partial charge in [-0.1, -0.05) is 12.1 Å². The van der Waals surface area contributed by atoms with Gasteiger partial charge in [0.1, 0.15) is 5.58 Å². The first-order valence-electron chi connectivity index (χ1n) is 8.54. The number of hydrogen-bond donors (Lipinski definition) is 0. The van der Waals surface area contributed by atoms with E-state index in [-0.39, 0.29) is 29.3 Å². The van der Waals surface area contributed by atoms with Crippen LogP contribution in [0, 0.1) is 0 Å². The minimum atomic E-state index is -0.519. The monoisotopic (exact) mass is 367 g/mol. The van der Waals surface area contributed by atoms with Crippen LogP contribution in [0.4, 0.5) is 0 Å². The molecule has 0 fully saturated rings. The lowest BCUT2D eigenvalue weighted by atomic mass is 10.2. The van der Waals surface area contributed by atoms with Gasteiger partial charge in [-0.05, 0) is 24.6 Å². The van der Waals surface area contributed by atoms with Crippen molar-refractivity contribution in [2.45, 2.75) is 19.5 Å². The van der Waals surface area contributed by atoms with E-state index in [0.717, 1.165) is 5.69 Å². The molecule has 1 aliphatic heterocycles. The molecule has 2 aromatic heterocycles. The van der Waals surface area contributed by atoms with E-state index in [4.69, 9.17) is 9.15 Å². The third-order valence-corrected chi connectivity index (χ3v) is 4.54. The van der Waals surface area contributed by atoms with Gasteiger partial charge in [-0.2, -0.15) is 5.10 Å². The van der Waals surface area contributed by atoms with Crippen molar-refractivity contribution in [2.75, 3.05) is 13.7 Å². The zero-order chi connectivity index (χ0) is 19.0. The number of ether oxygens (including phenoxy) is 1. The van der Waals surface area contributed by atoms with Crippen molar-refractivity contribution in [3.63, 3.8) is 0 Å². The van der Waals surface area contributed by atoms with E-state index in [1.807, 2.05) is 0 Å². The van der Waals surface area contributed by atoms with E-state index in [1.165, 1.54) is 13.2 Å². The van der Waals surface area contributed by atoms with Crippen LogP contribution in [0.1, 0.15) is 33.2 Å². The van der Waals surface area contributed by atoms with Crippen molar-refractivity contribution in [3.8, 4) is 0 Å². The highest BCUT2D eigenvalue weighted by Crippen LogP contribution is 2.18. The van der Waals surface area contributed by atoms with E-state index < -0.39 is 5.97 Å². The van der Waals surface area contributed by atoms with Gasteiger partial charge in [0.15, 0.2) is 16.9 Å². The number of aromatic nitrogens is 2. The van der Waals surface area contributed by atoms with Gasteiger partial charge in [0.2, 0.25) is 0 Å².